The molecule has 0 heterocycles. The Labute approximate surface area is 120 Å². The van der Waals surface area contributed by atoms with Gasteiger partial charge in [0.2, 0.25) is 0 Å². The number of carbonyl (C=O) groups excluding carboxylic acids is 1. The first-order valence-corrected chi connectivity index (χ1v) is 7.33. The van der Waals surface area contributed by atoms with Crippen molar-refractivity contribution in [3.8, 4) is 0 Å². The van der Waals surface area contributed by atoms with Crippen molar-refractivity contribution in [1.82, 2.24) is 10.6 Å². The van der Waals surface area contributed by atoms with Crippen molar-refractivity contribution < 1.29 is 9.90 Å². The summed E-state index contributed by atoms with van der Waals surface area (Å²) in [6.07, 6.45) is 1.23. The summed E-state index contributed by atoms with van der Waals surface area (Å²) >= 11 is 0. The molecular formula is C16H24N2O2. The fourth-order valence-corrected chi connectivity index (χ4v) is 2.48. The van der Waals surface area contributed by atoms with Crippen LogP contribution < -0.4 is 10.6 Å². The van der Waals surface area contributed by atoms with Crippen LogP contribution in [0, 0.1) is 5.92 Å². The molecule has 0 saturated heterocycles. The molecule has 3 unspecified atom stereocenters. The molecule has 0 bridgehead atoms. The van der Waals surface area contributed by atoms with E-state index in [9.17, 15) is 9.90 Å². The molecule has 1 aromatic carbocycles. The van der Waals surface area contributed by atoms with Gasteiger partial charge in [0.15, 0.2) is 0 Å². The van der Waals surface area contributed by atoms with Crippen LogP contribution in [0.3, 0.4) is 0 Å². The third-order valence-corrected chi connectivity index (χ3v) is 3.58. The minimum absolute atomic E-state index is 0.184. The standard InChI is InChI=1S/C16H24N2O2/c1-11(2)8-13(19)10-17-16(20)18-15-9-14(15)12-6-4-3-5-7-12/h3-7,11,13-15,19H,8-10H2,1-2H3,(H2,17,18,20). The van der Waals surface area contributed by atoms with Crippen molar-refractivity contribution in [3.63, 3.8) is 0 Å². The van der Waals surface area contributed by atoms with Crippen molar-refractivity contribution in [2.24, 2.45) is 5.92 Å². The molecule has 110 valence electrons. The third-order valence-electron chi connectivity index (χ3n) is 3.58. The van der Waals surface area contributed by atoms with E-state index in [0.29, 0.717) is 24.8 Å². The van der Waals surface area contributed by atoms with Crippen LogP contribution in [-0.2, 0) is 0 Å². The van der Waals surface area contributed by atoms with Crippen molar-refractivity contribution in [2.45, 2.75) is 44.8 Å². The third kappa shape index (κ3) is 4.53. The first kappa shape index (κ1) is 14.9. The van der Waals surface area contributed by atoms with Crippen molar-refractivity contribution in [1.29, 1.82) is 0 Å². The summed E-state index contributed by atoms with van der Waals surface area (Å²) in [7, 11) is 0. The Bertz CT molecular complexity index is 433. The fraction of sp³-hybridized carbons (Fsp3) is 0.562. The van der Waals surface area contributed by atoms with Gasteiger partial charge in [-0.05, 0) is 24.3 Å². The minimum atomic E-state index is -0.468. The highest BCUT2D eigenvalue weighted by Gasteiger charge is 2.39. The van der Waals surface area contributed by atoms with Crippen molar-refractivity contribution in [3.05, 3.63) is 35.9 Å². The fourth-order valence-electron chi connectivity index (χ4n) is 2.48. The van der Waals surface area contributed by atoms with Gasteiger partial charge in [0.1, 0.15) is 0 Å². The van der Waals surface area contributed by atoms with Crippen LogP contribution in [0.1, 0.15) is 38.2 Å². The maximum atomic E-state index is 11.7. The molecule has 4 nitrogen and oxygen atoms in total. The lowest BCUT2D eigenvalue weighted by molar-refractivity contribution is 0.146. The van der Waals surface area contributed by atoms with Gasteiger partial charge in [0, 0.05) is 18.5 Å². The minimum Gasteiger partial charge on any atom is -0.391 e. The Balaban J connectivity index is 1.67. The average Bonchev–Trinajstić information content (AvgIpc) is 3.16. The molecule has 0 radical (unpaired) electrons. The van der Waals surface area contributed by atoms with Gasteiger partial charge >= 0.3 is 6.03 Å². The molecule has 2 rings (SSSR count). The van der Waals surface area contributed by atoms with Crippen molar-refractivity contribution >= 4 is 6.03 Å². The zero-order valence-electron chi connectivity index (χ0n) is 12.2. The maximum absolute atomic E-state index is 11.7. The Hall–Kier alpha value is -1.55. The first-order valence-electron chi connectivity index (χ1n) is 7.33. The van der Waals surface area contributed by atoms with E-state index in [-0.39, 0.29) is 12.1 Å². The summed E-state index contributed by atoms with van der Waals surface area (Å²) < 4.78 is 0. The molecular weight excluding hydrogens is 252 g/mol. The molecule has 3 atom stereocenters. The monoisotopic (exact) mass is 276 g/mol. The van der Waals surface area contributed by atoms with E-state index < -0.39 is 6.10 Å². The maximum Gasteiger partial charge on any atom is 0.315 e. The topological polar surface area (TPSA) is 61.4 Å². The number of aliphatic hydroxyl groups excluding tert-OH is 1. The number of carbonyl (C=O) groups is 1. The van der Waals surface area contributed by atoms with Gasteiger partial charge in [0.25, 0.3) is 0 Å². The molecule has 4 heteroatoms. The van der Waals surface area contributed by atoms with Gasteiger partial charge in [-0.25, -0.2) is 4.79 Å². The molecule has 3 N–H and O–H groups in total. The number of amides is 2. The average molecular weight is 276 g/mol. The zero-order chi connectivity index (χ0) is 14.5. The van der Waals surface area contributed by atoms with Crippen LogP contribution >= 0.6 is 0 Å². The van der Waals surface area contributed by atoms with Crippen LogP contribution in [0.4, 0.5) is 4.79 Å². The normalized spacial score (nSPS) is 22.4. The molecule has 20 heavy (non-hydrogen) atoms. The highest BCUT2D eigenvalue weighted by molar-refractivity contribution is 5.74. The molecule has 1 aliphatic rings. The van der Waals surface area contributed by atoms with E-state index in [4.69, 9.17) is 0 Å². The number of aliphatic hydroxyl groups is 1. The summed E-state index contributed by atoms with van der Waals surface area (Å²) in [5.41, 5.74) is 1.28. The summed E-state index contributed by atoms with van der Waals surface area (Å²) in [4.78, 5) is 11.7. The quantitative estimate of drug-likeness (QED) is 0.746. The molecule has 2 amide bonds. The molecule has 1 fully saturated rings. The summed E-state index contributed by atoms with van der Waals surface area (Å²) in [6.45, 7) is 4.42. The van der Waals surface area contributed by atoms with E-state index in [1.165, 1.54) is 5.56 Å². The Morgan fingerprint density at radius 2 is 2.05 bits per heavy atom. The number of rotatable bonds is 6. The second-order valence-corrected chi connectivity index (χ2v) is 6.00. The van der Waals surface area contributed by atoms with E-state index >= 15 is 0 Å². The number of hydrogen-bond acceptors (Lipinski definition) is 2. The predicted octanol–water partition coefficient (Wildman–Crippen LogP) is 2.25. The van der Waals surface area contributed by atoms with Gasteiger partial charge in [-0.15, -0.1) is 0 Å². The molecule has 1 saturated carbocycles. The van der Waals surface area contributed by atoms with Crippen LogP contribution in [0.15, 0.2) is 30.3 Å². The van der Waals surface area contributed by atoms with Crippen LogP contribution in [-0.4, -0.2) is 29.8 Å². The largest absolute Gasteiger partial charge is 0.391 e. The highest BCUT2D eigenvalue weighted by Crippen LogP contribution is 2.40. The van der Waals surface area contributed by atoms with E-state index in [1.54, 1.807) is 0 Å². The number of nitrogens with one attached hydrogen (secondary N) is 2. The number of benzene rings is 1. The molecule has 1 aliphatic carbocycles. The Kier molecular flexibility index (Phi) is 5.01. The van der Waals surface area contributed by atoms with Gasteiger partial charge in [0.05, 0.1) is 6.10 Å². The van der Waals surface area contributed by atoms with Crippen LogP contribution in [0.5, 0.6) is 0 Å². The predicted molar refractivity (Wildman–Crippen MR) is 79.6 cm³/mol. The molecule has 0 spiro atoms. The molecule has 1 aromatic rings. The highest BCUT2D eigenvalue weighted by atomic mass is 16.3. The van der Waals surface area contributed by atoms with Gasteiger partial charge in [-0.2, -0.15) is 0 Å². The van der Waals surface area contributed by atoms with Gasteiger partial charge in [-0.1, -0.05) is 44.2 Å². The molecule has 0 aliphatic heterocycles. The lowest BCUT2D eigenvalue weighted by Crippen LogP contribution is -2.41. The van der Waals surface area contributed by atoms with Gasteiger partial charge < -0.3 is 15.7 Å². The van der Waals surface area contributed by atoms with E-state index in [1.807, 2.05) is 18.2 Å². The first-order chi connectivity index (χ1) is 9.56. The number of urea groups is 1. The second kappa shape index (κ2) is 6.75. The lowest BCUT2D eigenvalue weighted by Gasteiger charge is -2.14. The Morgan fingerprint density at radius 3 is 2.70 bits per heavy atom. The lowest BCUT2D eigenvalue weighted by atomic mass is 10.1. The SMILES string of the molecule is CC(C)CC(O)CNC(=O)NC1CC1c1ccccc1. The van der Waals surface area contributed by atoms with E-state index in [2.05, 4.69) is 36.6 Å². The van der Waals surface area contributed by atoms with Gasteiger partial charge in [-0.3, -0.25) is 0 Å². The van der Waals surface area contributed by atoms with Crippen LogP contribution in [0.25, 0.3) is 0 Å². The number of hydrogen-bond donors (Lipinski definition) is 3. The van der Waals surface area contributed by atoms with Crippen molar-refractivity contribution in [2.75, 3.05) is 6.54 Å². The molecule has 0 aromatic heterocycles. The van der Waals surface area contributed by atoms with E-state index in [0.717, 1.165) is 6.42 Å². The summed E-state index contributed by atoms with van der Waals surface area (Å²) in [5, 5.41) is 15.4. The second-order valence-electron chi connectivity index (χ2n) is 6.00. The summed E-state index contributed by atoms with van der Waals surface area (Å²) in [5.74, 6) is 0.864. The zero-order valence-corrected chi connectivity index (χ0v) is 12.2. The smallest absolute Gasteiger partial charge is 0.315 e. The Morgan fingerprint density at radius 1 is 1.35 bits per heavy atom. The van der Waals surface area contributed by atoms with Crippen LogP contribution in [0.2, 0.25) is 0 Å². The summed E-state index contributed by atoms with van der Waals surface area (Å²) in [6, 6.07) is 10.3.